The van der Waals surface area contributed by atoms with Gasteiger partial charge in [0.25, 0.3) is 0 Å². The molecule has 4 nitrogen and oxygen atoms in total. The van der Waals surface area contributed by atoms with Gasteiger partial charge in [-0.25, -0.2) is 0 Å². The first-order chi connectivity index (χ1) is 7.62. The molecule has 16 heavy (non-hydrogen) atoms. The summed E-state index contributed by atoms with van der Waals surface area (Å²) < 4.78 is 29.3. The molecule has 0 aromatic heterocycles. The molecule has 0 atom stereocenters. The third-order valence-electron chi connectivity index (χ3n) is 2.24. The summed E-state index contributed by atoms with van der Waals surface area (Å²) in [4.78, 5) is 0. The molecule has 0 spiro atoms. The van der Waals surface area contributed by atoms with Gasteiger partial charge in [0.2, 0.25) is 0 Å². The SMILES string of the molecule is COS(=O)(=O)Nc1cccc2ccccc12. The van der Waals surface area contributed by atoms with Crippen LogP contribution in [0, 0.1) is 0 Å². The van der Waals surface area contributed by atoms with Crippen molar-refractivity contribution >= 4 is 26.8 Å². The van der Waals surface area contributed by atoms with Crippen LogP contribution in [0.3, 0.4) is 0 Å². The summed E-state index contributed by atoms with van der Waals surface area (Å²) in [6, 6.07) is 12.9. The maximum atomic E-state index is 11.3. The molecule has 0 aliphatic carbocycles. The first kappa shape index (κ1) is 10.9. The second kappa shape index (κ2) is 4.11. The molecule has 0 radical (unpaired) electrons. The lowest BCUT2D eigenvalue weighted by Crippen LogP contribution is -2.13. The predicted molar refractivity (Wildman–Crippen MR) is 63.5 cm³/mol. The number of hydrogen-bond donors (Lipinski definition) is 1. The topological polar surface area (TPSA) is 55.4 Å². The van der Waals surface area contributed by atoms with E-state index in [0.717, 1.165) is 17.9 Å². The minimum atomic E-state index is -3.71. The third kappa shape index (κ3) is 2.15. The Morgan fingerprint density at radius 1 is 1.06 bits per heavy atom. The van der Waals surface area contributed by atoms with E-state index in [-0.39, 0.29) is 0 Å². The van der Waals surface area contributed by atoms with Crippen molar-refractivity contribution in [3.8, 4) is 0 Å². The molecule has 0 heterocycles. The fraction of sp³-hybridized carbons (Fsp3) is 0.0909. The van der Waals surface area contributed by atoms with Crippen molar-refractivity contribution in [2.24, 2.45) is 0 Å². The van der Waals surface area contributed by atoms with Crippen molar-refractivity contribution in [1.29, 1.82) is 0 Å². The van der Waals surface area contributed by atoms with Gasteiger partial charge in [0.1, 0.15) is 0 Å². The Labute approximate surface area is 94.1 Å². The summed E-state index contributed by atoms with van der Waals surface area (Å²) in [7, 11) is -2.60. The fourth-order valence-corrected chi connectivity index (χ4v) is 2.02. The summed E-state index contributed by atoms with van der Waals surface area (Å²) in [5.74, 6) is 0. The average Bonchev–Trinajstić information content (AvgIpc) is 2.29. The summed E-state index contributed by atoms with van der Waals surface area (Å²) in [6.07, 6.45) is 0. The van der Waals surface area contributed by atoms with Crippen LogP contribution in [0.15, 0.2) is 42.5 Å². The van der Waals surface area contributed by atoms with Crippen molar-refractivity contribution < 1.29 is 12.6 Å². The van der Waals surface area contributed by atoms with Crippen LogP contribution in [0.2, 0.25) is 0 Å². The molecule has 0 saturated carbocycles. The second-order valence-electron chi connectivity index (χ2n) is 3.25. The van der Waals surface area contributed by atoms with Crippen LogP contribution in [-0.4, -0.2) is 15.5 Å². The number of hydrogen-bond acceptors (Lipinski definition) is 3. The van der Waals surface area contributed by atoms with E-state index in [0.29, 0.717) is 5.69 Å². The molecule has 0 fully saturated rings. The summed E-state index contributed by atoms with van der Waals surface area (Å²) >= 11 is 0. The monoisotopic (exact) mass is 237 g/mol. The Morgan fingerprint density at radius 3 is 2.50 bits per heavy atom. The Morgan fingerprint density at radius 2 is 1.75 bits per heavy atom. The minimum absolute atomic E-state index is 0.514. The van der Waals surface area contributed by atoms with Gasteiger partial charge in [-0.3, -0.25) is 8.91 Å². The van der Waals surface area contributed by atoms with Crippen LogP contribution >= 0.6 is 0 Å². The maximum Gasteiger partial charge on any atom is 0.359 e. The zero-order valence-electron chi connectivity index (χ0n) is 8.67. The molecule has 0 aliphatic heterocycles. The van der Waals surface area contributed by atoms with Gasteiger partial charge in [0.05, 0.1) is 12.8 Å². The predicted octanol–water partition coefficient (Wildman–Crippen LogP) is 2.14. The zero-order chi connectivity index (χ0) is 11.6. The van der Waals surface area contributed by atoms with E-state index in [9.17, 15) is 8.42 Å². The number of rotatable bonds is 3. The Bertz CT molecular complexity index is 602. The van der Waals surface area contributed by atoms with Crippen LogP contribution < -0.4 is 4.72 Å². The van der Waals surface area contributed by atoms with Crippen molar-refractivity contribution in [1.82, 2.24) is 0 Å². The summed E-state index contributed by atoms with van der Waals surface area (Å²) in [6.45, 7) is 0. The van der Waals surface area contributed by atoms with E-state index in [4.69, 9.17) is 0 Å². The van der Waals surface area contributed by atoms with Crippen molar-refractivity contribution in [2.75, 3.05) is 11.8 Å². The summed E-state index contributed by atoms with van der Waals surface area (Å²) in [5.41, 5.74) is 0.514. The molecular formula is C11H11NO3S. The van der Waals surface area contributed by atoms with Crippen LogP contribution in [0.4, 0.5) is 5.69 Å². The van der Waals surface area contributed by atoms with Gasteiger partial charge in [-0.1, -0.05) is 36.4 Å². The van der Waals surface area contributed by atoms with E-state index in [1.54, 1.807) is 12.1 Å². The molecule has 1 N–H and O–H groups in total. The maximum absolute atomic E-state index is 11.3. The zero-order valence-corrected chi connectivity index (χ0v) is 9.49. The van der Waals surface area contributed by atoms with E-state index in [2.05, 4.69) is 8.91 Å². The van der Waals surface area contributed by atoms with Gasteiger partial charge in [0, 0.05) is 5.39 Å². The molecule has 0 amide bonds. The highest BCUT2D eigenvalue weighted by Crippen LogP contribution is 2.23. The van der Waals surface area contributed by atoms with Gasteiger partial charge in [-0.2, -0.15) is 8.42 Å². The molecule has 2 aromatic carbocycles. The molecule has 0 unspecified atom stereocenters. The largest absolute Gasteiger partial charge is 0.359 e. The van der Waals surface area contributed by atoms with Gasteiger partial charge in [-0.05, 0) is 11.5 Å². The van der Waals surface area contributed by atoms with Gasteiger partial charge in [0.15, 0.2) is 0 Å². The quantitative estimate of drug-likeness (QED) is 0.889. The van der Waals surface area contributed by atoms with Crippen LogP contribution in [0.25, 0.3) is 10.8 Å². The van der Waals surface area contributed by atoms with E-state index in [1.807, 2.05) is 30.3 Å². The lowest BCUT2D eigenvalue weighted by Gasteiger charge is -2.08. The number of benzene rings is 2. The Hall–Kier alpha value is -1.59. The highest BCUT2D eigenvalue weighted by Gasteiger charge is 2.09. The molecule has 0 saturated heterocycles. The normalized spacial score (nSPS) is 11.6. The number of nitrogens with one attached hydrogen (secondary N) is 1. The molecule has 0 aliphatic rings. The molecule has 2 rings (SSSR count). The molecular weight excluding hydrogens is 226 g/mol. The standard InChI is InChI=1S/C11H11NO3S/c1-15-16(13,14)12-11-8-4-6-9-5-2-3-7-10(9)11/h2-8,12H,1H3. The lowest BCUT2D eigenvalue weighted by atomic mass is 10.1. The Balaban J connectivity index is 2.53. The van der Waals surface area contributed by atoms with Gasteiger partial charge >= 0.3 is 10.3 Å². The van der Waals surface area contributed by atoms with E-state index < -0.39 is 10.3 Å². The van der Waals surface area contributed by atoms with E-state index >= 15 is 0 Å². The third-order valence-corrected chi connectivity index (χ3v) is 3.15. The van der Waals surface area contributed by atoms with E-state index in [1.165, 1.54) is 0 Å². The highest BCUT2D eigenvalue weighted by molar-refractivity contribution is 7.88. The van der Waals surface area contributed by atoms with Gasteiger partial charge in [-0.15, -0.1) is 0 Å². The number of fused-ring (bicyclic) bond motifs is 1. The average molecular weight is 237 g/mol. The number of anilines is 1. The summed E-state index contributed by atoms with van der Waals surface area (Å²) in [5, 5.41) is 1.81. The van der Waals surface area contributed by atoms with Crippen LogP contribution in [-0.2, 0) is 14.5 Å². The molecule has 5 heteroatoms. The van der Waals surface area contributed by atoms with Crippen molar-refractivity contribution in [3.63, 3.8) is 0 Å². The van der Waals surface area contributed by atoms with Crippen molar-refractivity contribution in [3.05, 3.63) is 42.5 Å². The minimum Gasteiger partial charge on any atom is -0.260 e. The van der Waals surface area contributed by atoms with Crippen LogP contribution in [0.1, 0.15) is 0 Å². The van der Waals surface area contributed by atoms with Crippen LogP contribution in [0.5, 0.6) is 0 Å². The lowest BCUT2D eigenvalue weighted by molar-refractivity contribution is 0.402. The first-order valence-electron chi connectivity index (χ1n) is 4.68. The Kier molecular flexibility index (Phi) is 2.80. The first-order valence-corrected chi connectivity index (χ1v) is 6.09. The van der Waals surface area contributed by atoms with Gasteiger partial charge < -0.3 is 0 Å². The van der Waals surface area contributed by atoms with Crippen molar-refractivity contribution in [2.45, 2.75) is 0 Å². The molecule has 2 aromatic rings. The smallest absolute Gasteiger partial charge is 0.260 e. The highest BCUT2D eigenvalue weighted by atomic mass is 32.2. The molecule has 84 valence electrons. The second-order valence-corrected chi connectivity index (χ2v) is 4.70. The fourth-order valence-electron chi connectivity index (χ4n) is 1.49. The molecule has 0 bridgehead atoms.